The average Bonchev–Trinajstić information content (AvgIpc) is 2.88. The molecule has 0 aliphatic heterocycles. The first-order valence-corrected chi connectivity index (χ1v) is 7.10. The van der Waals surface area contributed by atoms with E-state index >= 15 is 0 Å². The summed E-state index contributed by atoms with van der Waals surface area (Å²) in [6, 6.07) is 11.2. The van der Waals surface area contributed by atoms with Gasteiger partial charge >= 0.3 is 0 Å². The quantitative estimate of drug-likeness (QED) is 0.724. The molecule has 3 rings (SSSR count). The van der Waals surface area contributed by atoms with E-state index in [-0.39, 0.29) is 11.6 Å². The standard InChI is InChI=1S/C15H9ClFNOS/c16-12-7-9(17)5-6-10(12)13-8-20-15(18-13)11-3-1-2-4-14(11)19/h1-8,19H. The van der Waals surface area contributed by atoms with E-state index in [1.54, 1.807) is 24.3 Å². The Morgan fingerprint density at radius 3 is 2.65 bits per heavy atom. The van der Waals surface area contributed by atoms with Crippen molar-refractivity contribution in [2.75, 3.05) is 0 Å². The fourth-order valence-corrected chi connectivity index (χ4v) is 2.99. The number of halogens is 2. The summed E-state index contributed by atoms with van der Waals surface area (Å²) in [5.41, 5.74) is 2.01. The second kappa shape index (κ2) is 5.23. The molecule has 0 radical (unpaired) electrons. The molecule has 0 unspecified atom stereocenters. The van der Waals surface area contributed by atoms with Crippen molar-refractivity contribution in [1.82, 2.24) is 4.98 Å². The molecule has 3 aromatic rings. The fourth-order valence-electron chi connectivity index (χ4n) is 1.87. The van der Waals surface area contributed by atoms with E-state index in [4.69, 9.17) is 11.6 Å². The first-order valence-electron chi connectivity index (χ1n) is 5.84. The summed E-state index contributed by atoms with van der Waals surface area (Å²) in [5, 5.41) is 12.7. The summed E-state index contributed by atoms with van der Waals surface area (Å²) in [7, 11) is 0. The number of rotatable bonds is 2. The summed E-state index contributed by atoms with van der Waals surface area (Å²) in [4.78, 5) is 4.45. The van der Waals surface area contributed by atoms with Crippen molar-refractivity contribution >= 4 is 22.9 Å². The van der Waals surface area contributed by atoms with Crippen LogP contribution in [0.25, 0.3) is 21.8 Å². The lowest BCUT2D eigenvalue weighted by Crippen LogP contribution is -1.83. The number of benzene rings is 2. The van der Waals surface area contributed by atoms with Gasteiger partial charge in [0, 0.05) is 10.9 Å². The van der Waals surface area contributed by atoms with Crippen molar-refractivity contribution < 1.29 is 9.50 Å². The molecule has 0 spiro atoms. The van der Waals surface area contributed by atoms with E-state index in [9.17, 15) is 9.50 Å². The zero-order valence-electron chi connectivity index (χ0n) is 10.2. The van der Waals surface area contributed by atoms with Gasteiger partial charge in [0.2, 0.25) is 0 Å². The molecule has 5 heteroatoms. The summed E-state index contributed by atoms with van der Waals surface area (Å²) in [6.07, 6.45) is 0. The van der Waals surface area contributed by atoms with Gasteiger partial charge in [0.1, 0.15) is 16.6 Å². The van der Waals surface area contributed by atoms with Crippen LogP contribution in [0.5, 0.6) is 5.75 Å². The van der Waals surface area contributed by atoms with Crippen LogP contribution in [0.2, 0.25) is 5.02 Å². The largest absolute Gasteiger partial charge is 0.507 e. The van der Waals surface area contributed by atoms with Crippen molar-refractivity contribution in [1.29, 1.82) is 0 Å². The van der Waals surface area contributed by atoms with Gasteiger partial charge in [-0.3, -0.25) is 0 Å². The predicted molar refractivity (Wildman–Crippen MR) is 79.6 cm³/mol. The van der Waals surface area contributed by atoms with Crippen molar-refractivity contribution in [2.45, 2.75) is 0 Å². The maximum Gasteiger partial charge on any atom is 0.127 e. The Bertz CT molecular complexity index is 772. The van der Waals surface area contributed by atoms with Gasteiger partial charge in [0.05, 0.1) is 16.3 Å². The van der Waals surface area contributed by atoms with Gasteiger partial charge in [-0.25, -0.2) is 9.37 Å². The number of phenolic OH excluding ortho intramolecular Hbond substituents is 1. The third-order valence-corrected chi connectivity index (χ3v) is 4.03. The van der Waals surface area contributed by atoms with Gasteiger partial charge in [0.25, 0.3) is 0 Å². The Labute approximate surface area is 124 Å². The minimum absolute atomic E-state index is 0.179. The zero-order chi connectivity index (χ0) is 14.1. The van der Waals surface area contributed by atoms with E-state index in [1.165, 1.54) is 23.5 Å². The molecule has 0 amide bonds. The van der Waals surface area contributed by atoms with Crippen LogP contribution in [-0.4, -0.2) is 10.1 Å². The fraction of sp³-hybridized carbons (Fsp3) is 0. The van der Waals surface area contributed by atoms with Gasteiger partial charge in [-0.1, -0.05) is 23.7 Å². The average molecular weight is 306 g/mol. The number of phenols is 1. The van der Waals surface area contributed by atoms with Crippen LogP contribution in [0.1, 0.15) is 0 Å². The highest BCUT2D eigenvalue weighted by Gasteiger charge is 2.12. The van der Waals surface area contributed by atoms with Gasteiger partial charge in [-0.2, -0.15) is 0 Å². The molecule has 1 aromatic heterocycles. The smallest absolute Gasteiger partial charge is 0.127 e. The zero-order valence-corrected chi connectivity index (χ0v) is 11.7. The first-order chi connectivity index (χ1) is 9.65. The van der Waals surface area contributed by atoms with E-state index in [1.807, 2.05) is 11.4 Å². The molecule has 0 saturated carbocycles. The van der Waals surface area contributed by atoms with E-state index in [0.29, 0.717) is 26.9 Å². The summed E-state index contributed by atoms with van der Waals surface area (Å²) >= 11 is 7.43. The molecule has 0 aliphatic rings. The molecule has 100 valence electrons. The van der Waals surface area contributed by atoms with Crippen LogP contribution in [0.15, 0.2) is 47.8 Å². The highest BCUT2D eigenvalue weighted by atomic mass is 35.5. The number of hydrogen-bond acceptors (Lipinski definition) is 3. The Kier molecular flexibility index (Phi) is 3.42. The normalized spacial score (nSPS) is 10.7. The third kappa shape index (κ3) is 2.40. The van der Waals surface area contributed by atoms with Gasteiger partial charge in [-0.05, 0) is 30.3 Å². The van der Waals surface area contributed by atoms with E-state index in [2.05, 4.69) is 4.98 Å². The van der Waals surface area contributed by atoms with Crippen LogP contribution >= 0.6 is 22.9 Å². The van der Waals surface area contributed by atoms with Crippen LogP contribution in [0.4, 0.5) is 4.39 Å². The lowest BCUT2D eigenvalue weighted by molar-refractivity contribution is 0.477. The van der Waals surface area contributed by atoms with Crippen molar-refractivity contribution in [2.24, 2.45) is 0 Å². The van der Waals surface area contributed by atoms with Gasteiger partial charge in [-0.15, -0.1) is 11.3 Å². The molecule has 1 N–H and O–H groups in total. The van der Waals surface area contributed by atoms with Gasteiger partial charge in [0.15, 0.2) is 0 Å². The highest BCUT2D eigenvalue weighted by Crippen LogP contribution is 2.35. The van der Waals surface area contributed by atoms with Gasteiger partial charge < -0.3 is 5.11 Å². The number of para-hydroxylation sites is 1. The van der Waals surface area contributed by atoms with E-state index < -0.39 is 0 Å². The summed E-state index contributed by atoms with van der Waals surface area (Å²) in [5.74, 6) is -0.200. The van der Waals surface area contributed by atoms with Crippen LogP contribution < -0.4 is 0 Å². The molecule has 0 fully saturated rings. The molecule has 0 atom stereocenters. The number of aromatic nitrogens is 1. The minimum Gasteiger partial charge on any atom is -0.507 e. The SMILES string of the molecule is Oc1ccccc1-c1nc(-c2ccc(F)cc2Cl)cs1. The maximum absolute atomic E-state index is 13.1. The lowest BCUT2D eigenvalue weighted by atomic mass is 10.1. The Hall–Kier alpha value is -1.91. The Morgan fingerprint density at radius 2 is 1.90 bits per heavy atom. The number of thiazole rings is 1. The Morgan fingerprint density at radius 1 is 1.10 bits per heavy atom. The molecule has 0 saturated heterocycles. The number of aromatic hydroxyl groups is 1. The monoisotopic (exact) mass is 305 g/mol. The number of hydrogen-bond donors (Lipinski definition) is 1. The Balaban J connectivity index is 2.04. The lowest BCUT2D eigenvalue weighted by Gasteiger charge is -2.01. The maximum atomic E-state index is 13.1. The molecular formula is C15H9ClFNOS. The molecule has 2 aromatic carbocycles. The minimum atomic E-state index is -0.380. The molecule has 20 heavy (non-hydrogen) atoms. The molecular weight excluding hydrogens is 297 g/mol. The highest BCUT2D eigenvalue weighted by molar-refractivity contribution is 7.13. The van der Waals surface area contributed by atoms with Crippen molar-refractivity contribution in [3.63, 3.8) is 0 Å². The van der Waals surface area contributed by atoms with E-state index in [0.717, 1.165) is 0 Å². The van der Waals surface area contributed by atoms with Crippen molar-refractivity contribution in [3.8, 4) is 27.6 Å². The summed E-state index contributed by atoms with van der Waals surface area (Å²) in [6.45, 7) is 0. The molecule has 0 bridgehead atoms. The summed E-state index contributed by atoms with van der Waals surface area (Å²) < 4.78 is 13.1. The topological polar surface area (TPSA) is 33.1 Å². The van der Waals surface area contributed by atoms with Crippen LogP contribution in [0.3, 0.4) is 0 Å². The van der Waals surface area contributed by atoms with Crippen LogP contribution in [0, 0.1) is 5.82 Å². The molecule has 0 aliphatic carbocycles. The molecule has 1 heterocycles. The second-order valence-electron chi connectivity index (χ2n) is 4.18. The predicted octanol–water partition coefficient (Wildman–Crippen LogP) is 4.98. The number of nitrogens with zero attached hydrogens (tertiary/aromatic N) is 1. The third-order valence-electron chi connectivity index (χ3n) is 2.85. The first kappa shape index (κ1) is 13.1. The second-order valence-corrected chi connectivity index (χ2v) is 5.44. The van der Waals surface area contributed by atoms with Crippen molar-refractivity contribution in [3.05, 3.63) is 58.7 Å². The molecule has 2 nitrogen and oxygen atoms in total. The van der Waals surface area contributed by atoms with Crippen LogP contribution in [-0.2, 0) is 0 Å².